The molecule has 2 atom stereocenters. The van der Waals surface area contributed by atoms with E-state index in [9.17, 15) is 9.90 Å². The summed E-state index contributed by atoms with van der Waals surface area (Å²) < 4.78 is 18.8. The number of carbonyl (C=O) groups is 1. The Bertz CT molecular complexity index is 1210. The summed E-state index contributed by atoms with van der Waals surface area (Å²) in [4.78, 5) is 14.5. The third-order valence-electron chi connectivity index (χ3n) is 6.07. The van der Waals surface area contributed by atoms with Crippen molar-refractivity contribution < 1.29 is 24.1 Å². The molecule has 2 aromatic carbocycles. The fourth-order valence-corrected chi connectivity index (χ4v) is 4.40. The number of ether oxygens (including phenoxy) is 3. The average molecular weight is 466 g/mol. The van der Waals surface area contributed by atoms with Crippen LogP contribution < -0.4 is 19.5 Å². The van der Waals surface area contributed by atoms with Crippen molar-refractivity contribution in [2.24, 2.45) is 0 Å². The number of aliphatic hydroxyl groups is 1. The van der Waals surface area contributed by atoms with Gasteiger partial charge in [0.05, 0.1) is 18.9 Å². The van der Waals surface area contributed by atoms with E-state index in [0.717, 1.165) is 24.1 Å². The molecular weight excluding hydrogens is 440 g/mol. The number of likely N-dealkylation sites (N-methyl/N-ethyl adjacent to an activating group) is 1. The van der Waals surface area contributed by atoms with Crippen molar-refractivity contribution in [1.29, 1.82) is 0 Å². The fraction of sp³-hybridized carbons (Fsp3) is 0.391. The van der Waals surface area contributed by atoms with E-state index in [0.29, 0.717) is 34.3 Å². The van der Waals surface area contributed by atoms with Crippen LogP contribution in [0.25, 0.3) is 5.69 Å². The molecule has 3 heterocycles. The summed E-state index contributed by atoms with van der Waals surface area (Å²) in [6.07, 6.45) is 0.213. The van der Waals surface area contributed by atoms with E-state index in [1.165, 1.54) is 0 Å². The molecule has 0 saturated carbocycles. The van der Waals surface area contributed by atoms with Crippen LogP contribution in [0, 0.1) is 0 Å². The van der Waals surface area contributed by atoms with Crippen molar-refractivity contribution >= 4 is 5.91 Å². The first-order valence-electron chi connectivity index (χ1n) is 11.0. The van der Waals surface area contributed by atoms with Crippen LogP contribution >= 0.6 is 0 Å². The maximum absolute atomic E-state index is 12.3. The van der Waals surface area contributed by atoms with E-state index in [4.69, 9.17) is 14.2 Å². The van der Waals surface area contributed by atoms with E-state index < -0.39 is 6.10 Å². The van der Waals surface area contributed by atoms with Gasteiger partial charge in [0.1, 0.15) is 6.04 Å². The Morgan fingerprint density at radius 3 is 2.85 bits per heavy atom. The van der Waals surface area contributed by atoms with Crippen LogP contribution in [0.1, 0.15) is 40.3 Å². The van der Waals surface area contributed by atoms with Gasteiger partial charge in [-0.25, -0.2) is 0 Å². The van der Waals surface area contributed by atoms with Crippen molar-refractivity contribution in [3.05, 3.63) is 52.8 Å². The standard InChI is InChI=1S/C23H26N6O5/c1-13(30)11-24-23(31)14-4-6-16(7-5-14)29-22(25-26-27-29)19-18-15(8-9-28(19)2)10-17-20(21(18)32-3)34-12-33-17/h4-7,10,13,19,30H,8-9,11-12H2,1-3H3,(H,24,31). The number of nitrogens with one attached hydrogen (secondary N) is 1. The van der Waals surface area contributed by atoms with Crippen LogP contribution in [0.5, 0.6) is 17.2 Å². The highest BCUT2D eigenvalue weighted by atomic mass is 16.7. The fourth-order valence-electron chi connectivity index (χ4n) is 4.40. The molecule has 2 aliphatic heterocycles. The van der Waals surface area contributed by atoms with Crippen molar-refractivity contribution in [2.75, 3.05) is 34.0 Å². The van der Waals surface area contributed by atoms with E-state index in [1.54, 1.807) is 43.0 Å². The minimum atomic E-state index is -0.613. The van der Waals surface area contributed by atoms with Gasteiger partial charge >= 0.3 is 0 Å². The number of carbonyl (C=O) groups excluding carboxylic acids is 1. The smallest absolute Gasteiger partial charge is 0.251 e. The Morgan fingerprint density at radius 2 is 2.12 bits per heavy atom. The number of amides is 1. The molecule has 2 aliphatic rings. The van der Waals surface area contributed by atoms with Crippen molar-refractivity contribution in [1.82, 2.24) is 30.4 Å². The summed E-state index contributed by atoms with van der Waals surface area (Å²) in [5.41, 5.74) is 3.25. The highest BCUT2D eigenvalue weighted by Crippen LogP contribution is 2.50. The topological polar surface area (TPSA) is 124 Å². The maximum atomic E-state index is 12.3. The lowest BCUT2D eigenvalue weighted by Crippen LogP contribution is -2.35. The normalized spacial score (nSPS) is 17.8. The second-order valence-corrected chi connectivity index (χ2v) is 8.40. The summed E-state index contributed by atoms with van der Waals surface area (Å²) in [6, 6.07) is 8.71. The Labute approximate surface area is 196 Å². The van der Waals surface area contributed by atoms with Gasteiger partial charge in [0.2, 0.25) is 12.5 Å². The molecule has 0 fully saturated rings. The minimum Gasteiger partial charge on any atom is -0.492 e. The molecule has 34 heavy (non-hydrogen) atoms. The number of aromatic nitrogens is 4. The quantitative estimate of drug-likeness (QED) is 0.549. The van der Waals surface area contributed by atoms with Gasteiger partial charge in [0.15, 0.2) is 17.3 Å². The summed E-state index contributed by atoms with van der Waals surface area (Å²) in [6.45, 7) is 2.76. The molecule has 1 amide bonds. The van der Waals surface area contributed by atoms with E-state index in [2.05, 4.69) is 25.7 Å². The first-order chi connectivity index (χ1) is 16.5. The molecule has 0 radical (unpaired) electrons. The highest BCUT2D eigenvalue weighted by Gasteiger charge is 2.37. The molecule has 1 aromatic heterocycles. The van der Waals surface area contributed by atoms with Gasteiger partial charge in [-0.15, -0.1) is 5.10 Å². The number of nitrogens with zero attached hydrogens (tertiary/aromatic N) is 5. The first-order valence-corrected chi connectivity index (χ1v) is 11.0. The van der Waals surface area contributed by atoms with Gasteiger partial charge < -0.3 is 24.6 Å². The zero-order valence-electron chi connectivity index (χ0n) is 19.2. The Hall–Kier alpha value is -3.70. The molecule has 5 rings (SSSR count). The summed E-state index contributed by atoms with van der Waals surface area (Å²) in [5, 5.41) is 24.6. The Balaban J connectivity index is 1.51. The molecule has 0 aliphatic carbocycles. The maximum Gasteiger partial charge on any atom is 0.251 e. The van der Waals surface area contributed by atoms with Crippen LogP contribution in [0.2, 0.25) is 0 Å². The van der Waals surface area contributed by atoms with E-state index in [-0.39, 0.29) is 25.3 Å². The van der Waals surface area contributed by atoms with Gasteiger partial charge in [-0.2, -0.15) is 4.68 Å². The van der Waals surface area contributed by atoms with Crippen LogP contribution in [0.4, 0.5) is 0 Å². The van der Waals surface area contributed by atoms with Crippen molar-refractivity contribution in [3.8, 4) is 22.9 Å². The van der Waals surface area contributed by atoms with Crippen LogP contribution in [0.15, 0.2) is 30.3 Å². The van der Waals surface area contributed by atoms with Gasteiger partial charge in [-0.3, -0.25) is 9.69 Å². The van der Waals surface area contributed by atoms with Crippen molar-refractivity contribution in [3.63, 3.8) is 0 Å². The molecule has 178 valence electrons. The third-order valence-corrected chi connectivity index (χ3v) is 6.07. The number of rotatable bonds is 6. The zero-order chi connectivity index (χ0) is 23.8. The molecule has 0 saturated heterocycles. The molecule has 3 aromatic rings. The SMILES string of the molecule is COc1c2c(cc3c1C(c1nnnn1-c1ccc(C(=O)NCC(C)O)cc1)N(C)CC3)OCO2. The molecule has 11 nitrogen and oxygen atoms in total. The van der Waals surface area contributed by atoms with Crippen LogP contribution in [-0.4, -0.2) is 76.3 Å². The van der Waals surface area contributed by atoms with Crippen molar-refractivity contribution in [2.45, 2.75) is 25.5 Å². The highest BCUT2D eigenvalue weighted by molar-refractivity contribution is 5.94. The minimum absolute atomic E-state index is 0.157. The molecule has 2 unspecified atom stereocenters. The van der Waals surface area contributed by atoms with E-state index in [1.807, 2.05) is 13.1 Å². The molecular formula is C23H26N6O5. The predicted molar refractivity (Wildman–Crippen MR) is 120 cm³/mol. The average Bonchev–Trinajstić information content (AvgIpc) is 3.51. The number of aliphatic hydroxyl groups excluding tert-OH is 1. The number of hydrogen-bond acceptors (Lipinski definition) is 9. The van der Waals surface area contributed by atoms with E-state index >= 15 is 0 Å². The summed E-state index contributed by atoms with van der Waals surface area (Å²) in [5.74, 6) is 2.26. The monoisotopic (exact) mass is 466 g/mol. The van der Waals surface area contributed by atoms with Gasteiger partial charge in [-0.1, -0.05) is 0 Å². The molecule has 11 heteroatoms. The second kappa shape index (κ2) is 8.92. The lowest BCUT2D eigenvalue weighted by molar-refractivity contribution is 0.0924. The number of benzene rings is 2. The lowest BCUT2D eigenvalue weighted by atomic mass is 9.90. The number of hydrogen-bond donors (Lipinski definition) is 2. The number of methoxy groups -OCH3 is 1. The summed E-state index contributed by atoms with van der Waals surface area (Å²) >= 11 is 0. The summed E-state index contributed by atoms with van der Waals surface area (Å²) in [7, 11) is 3.64. The molecule has 0 bridgehead atoms. The Kier molecular flexibility index (Phi) is 5.80. The van der Waals surface area contributed by atoms with Crippen LogP contribution in [0.3, 0.4) is 0 Å². The van der Waals surface area contributed by atoms with Crippen LogP contribution in [-0.2, 0) is 6.42 Å². The number of fused-ring (bicyclic) bond motifs is 2. The first kappa shape index (κ1) is 22.1. The van der Waals surface area contributed by atoms with Gasteiger partial charge in [0, 0.05) is 24.2 Å². The Morgan fingerprint density at radius 1 is 1.32 bits per heavy atom. The van der Waals surface area contributed by atoms with Gasteiger partial charge in [0.25, 0.3) is 5.91 Å². The van der Waals surface area contributed by atoms with Gasteiger partial charge in [-0.05, 0) is 66.7 Å². The third kappa shape index (κ3) is 3.82. The second-order valence-electron chi connectivity index (χ2n) is 8.40. The molecule has 0 spiro atoms. The predicted octanol–water partition coefficient (Wildman–Crippen LogP) is 1.09. The molecule has 2 N–H and O–H groups in total. The largest absolute Gasteiger partial charge is 0.492 e. The zero-order valence-corrected chi connectivity index (χ0v) is 19.2. The number of tetrazole rings is 1. The lowest BCUT2D eigenvalue weighted by Gasteiger charge is -2.34.